The summed E-state index contributed by atoms with van der Waals surface area (Å²) in [4.78, 5) is 9.57. The fourth-order valence-electron chi connectivity index (χ4n) is 9.61. The molecule has 11 rings (SSSR count). The van der Waals surface area contributed by atoms with Gasteiger partial charge in [-0.25, -0.2) is 0 Å². The van der Waals surface area contributed by atoms with Crippen LogP contribution >= 0.6 is 0 Å². The molecule has 1 aliphatic rings. The Morgan fingerprint density at radius 2 is 1.33 bits per heavy atom. The minimum absolute atomic E-state index is 0. The molecule has 0 atom stereocenters. The maximum atomic E-state index is 9.40. The summed E-state index contributed by atoms with van der Waals surface area (Å²) in [5, 5.41) is 4.71. The van der Waals surface area contributed by atoms with E-state index in [9.17, 15) is 1.37 Å². The SMILES string of the molecule is [2H]C1(c2ccc(-c3cc(C(C)C)c(-n4c(-c5[c-]ccc6c5oc5cc(-c7ccccc7)ccc56)nc5ccccc54)c(C(C)C)c3)cc2)C[CH2][Ge]([CH3])([CH3])[CH2]C1.[Ir].[c-]1ccccc1-c1ccccn1. The van der Waals surface area contributed by atoms with Crippen LogP contribution < -0.4 is 0 Å². The number of hydrogen-bond donors (Lipinski definition) is 0. The predicted octanol–water partition coefficient (Wildman–Crippen LogP) is 17.1. The first-order valence-electron chi connectivity index (χ1n) is 24.0. The van der Waals surface area contributed by atoms with E-state index in [-0.39, 0.29) is 31.9 Å². The van der Waals surface area contributed by atoms with Gasteiger partial charge >= 0.3 is 169 Å². The molecule has 1 aliphatic heterocycles. The van der Waals surface area contributed by atoms with Gasteiger partial charge in [0.1, 0.15) is 5.58 Å². The molecule has 10 aromatic rings. The Balaban J connectivity index is 0.000000386. The molecule has 0 bridgehead atoms. The van der Waals surface area contributed by atoms with Crippen LogP contribution in [0.5, 0.6) is 0 Å². The fourth-order valence-corrected chi connectivity index (χ4v) is 14.2. The van der Waals surface area contributed by atoms with Crippen molar-refractivity contribution in [3.8, 4) is 50.6 Å². The third kappa shape index (κ3) is 9.52. The standard InChI is InChI=1S/C50H49GeN2O.C11H8N.Ir/c1-32(2)43-29-39(36-21-19-35(20-22-36)37-25-27-51(5,6)28-26-37)30-44(33(3)4)48(43)53-46-18-11-10-17-45(46)52-50(53)42-16-12-15-41-40-24-23-38(31-47(40)54-49(41)42)34-13-8-7-9-14-34;1-2-6-10(7-3-1)11-8-4-5-9-12-11;/h7-15,17-24,29-33,37H,25-28H2,1-6H3;1-6,8-9H;/q2*-1;/i37D;;. The van der Waals surface area contributed by atoms with Crippen LogP contribution in [0.3, 0.4) is 0 Å². The van der Waals surface area contributed by atoms with Crippen molar-refractivity contribution in [1.82, 2.24) is 14.5 Å². The molecule has 0 N–H and O–H groups in total. The quantitative estimate of drug-likeness (QED) is 0.112. The number of pyridine rings is 1. The average Bonchev–Trinajstić information content (AvgIpc) is 3.94. The van der Waals surface area contributed by atoms with Gasteiger partial charge in [0.05, 0.1) is 22.4 Å². The van der Waals surface area contributed by atoms with Gasteiger partial charge in [0.2, 0.25) is 0 Å². The predicted molar refractivity (Wildman–Crippen MR) is 279 cm³/mol. The average molecular weight is 1110 g/mol. The smallest absolute Gasteiger partial charge is 0.0160 e. The molecule has 4 nitrogen and oxygen atoms in total. The zero-order valence-electron chi connectivity index (χ0n) is 40.2. The van der Waals surface area contributed by atoms with E-state index < -0.39 is 19.2 Å². The van der Waals surface area contributed by atoms with Crippen LogP contribution in [0.25, 0.3) is 83.6 Å². The Hall–Kier alpha value is -5.85. The summed E-state index contributed by atoms with van der Waals surface area (Å²) < 4.78 is 18.6. The molecular weight excluding hydrogens is 1060 g/mol. The van der Waals surface area contributed by atoms with Crippen LogP contribution in [-0.2, 0) is 20.1 Å². The summed E-state index contributed by atoms with van der Waals surface area (Å²) >= 11 is -1.67. The molecule has 1 fully saturated rings. The molecule has 0 spiro atoms. The van der Waals surface area contributed by atoms with Crippen LogP contribution in [0, 0.1) is 12.1 Å². The van der Waals surface area contributed by atoms with E-state index in [1.165, 1.54) is 44.0 Å². The molecule has 0 unspecified atom stereocenters. The van der Waals surface area contributed by atoms with Gasteiger partial charge < -0.3 is 9.40 Å². The summed E-state index contributed by atoms with van der Waals surface area (Å²) in [6, 6.07) is 63.7. The van der Waals surface area contributed by atoms with E-state index in [4.69, 9.17) is 9.40 Å². The number of benzene rings is 7. The van der Waals surface area contributed by atoms with Crippen LogP contribution in [0.2, 0.25) is 22.0 Å². The third-order valence-electron chi connectivity index (χ3n) is 13.4. The minimum Gasteiger partial charge on any atom is -0.305 e. The van der Waals surface area contributed by atoms with Crippen molar-refractivity contribution in [1.29, 1.82) is 0 Å². The molecule has 0 saturated carbocycles. The second-order valence-corrected chi connectivity index (χ2v) is 30.4. The number of hydrogen-bond acceptors (Lipinski definition) is 3. The maximum Gasteiger partial charge on any atom is 0.0160 e. The number of aromatic nitrogens is 3. The molecule has 1 radical (unpaired) electrons. The summed E-state index contributed by atoms with van der Waals surface area (Å²) in [5.74, 6) is 5.92. The van der Waals surface area contributed by atoms with Gasteiger partial charge in [-0.3, -0.25) is 4.98 Å². The van der Waals surface area contributed by atoms with E-state index in [0.717, 1.165) is 79.6 Å². The number of imidazole rings is 1. The summed E-state index contributed by atoms with van der Waals surface area (Å²) in [5.41, 5.74) is 16.1. The number of para-hydroxylation sites is 2. The van der Waals surface area contributed by atoms with Gasteiger partial charge in [0, 0.05) is 31.7 Å². The number of rotatable bonds is 8. The normalized spacial score (nSPS) is 14.5. The largest absolute Gasteiger partial charge is 0.305 e. The van der Waals surface area contributed by atoms with E-state index in [1.54, 1.807) is 6.20 Å². The molecule has 0 aliphatic carbocycles. The van der Waals surface area contributed by atoms with Crippen molar-refractivity contribution in [3.05, 3.63) is 199 Å². The first kappa shape index (κ1) is 45.0. The zero-order valence-corrected chi connectivity index (χ0v) is 43.7. The van der Waals surface area contributed by atoms with Gasteiger partial charge in [0.25, 0.3) is 0 Å². The van der Waals surface area contributed by atoms with Crippen molar-refractivity contribution in [2.24, 2.45) is 0 Å². The Kier molecular flexibility index (Phi) is 13.3. The Morgan fingerprint density at radius 3 is 2.01 bits per heavy atom. The maximum absolute atomic E-state index is 9.40. The van der Waals surface area contributed by atoms with E-state index in [0.29, 0.717) is 0 Å². The first-order chi connectivity index (χ1) is 32.5. The first-order valence-corrected chi connectivity index (χ1v) is 30.7. The molecule has 6 heteroatoms. The Bertz CT molecular complexity index is 3270. The molecule has 4 heterocycles. The Morgan fingerprint density at radius 1 is 0.657 bits per heavy atom. The second kappa shape index (κ2) is 19.8. The van der Waals surface area contributed by atoms with Crippen molar-refractivity contribution in [3.63, 3.8) is 0 Å². The fraction of sp³-hybridized carbons (Fsp3) is 0.213. The second-order valence-electron chi connectivity index (χ2n) is 19.2. The van der Waals surface area contributed by atoms with E-state index in [2.05, 4.69) is 170 Å². The topological polar surface area (TPSA) is 43.9 Å². The number of furan rings is 1. The monoisotopic (exact) mass is 1120 g/mol. The zero-order chi connectivity index (χ0) is 46.3. The molecule has 3 aromatic heterocycles. The molecular formula is C61H57GeIrN3O-2. The van der Waals surface area contributed by atoms with Crippen LogP contribution in [0.15, 0.2) is 174 Å². The third-order valence-corrected chi connectivity index (χ3v) is 20.2. The van der Waals surface area contributed by atoms with Gasteiger partial charge in [-0.15, -0.1) is 54.1 Å². The minimum atomic E-state index is -1.67. The molecule has 0 amide bonds. The van der Waals surface area contributed by atoms with Crippen LogP contribution in [-0.4, -0.2) is 27.8 Å². The summed E-state index contributed by atoms with van der Waals surface area (Å²) in [6.45, 7) is 9.18. The molecule has 1 saturated heterocycles. The summed E-state index contributed by atoms with van der Waals surface area (Å²) in [6.07, 6.45) is 3.78. The molecule has 337 valence electrons. The van der Waals surface area contributed by atoms with E-state index in [1.807, 2.05) is 54.6 Å². The Labute approximate surface area is 413 Å². The van der Waals surface area contributed by atoms with Crippen molar-refractivity contribution >= 4 is 46.2 Å². The van der Waals surface area contributed by atoms with Gasteiger partial charge in [0.15, 0.2) is 0 Å². The summed E-state index contributed by atoms with van der Waals surface area (Å²) in [7, 11) is 0. The van der Waals surface area contributed by atoms with Crippen LogP contribution in [0.1, 0.15) is 76.3 Å². The van der Waals surface area contributed by atoms with Gasteiger partial charge in [-0.05, 0) is 41.1 Å². The van der Waals surface area contributed by atoms with Crippen molar-refractivity contribution in [2.45, 2.75) is 80.3 Å². The molecule has 67 heavy (non-hydrogen) atoms. The van der Waals surface area contributed by atoms with E-state index >= 15 is 0 Å². The number of fused-ring (bicyclic) bond motifs is 4. The van der Waals surface area contributed by atoms with Crippen LogP contribution in [0.4, 0.5) is 0 Å². The molecule has 7 aromatic carbocycles. The van der Waals surface area contributed by atoms with Crippen molar-refractivity contribution < 1.29 is 25.9 Å². The number of nitrogens with zero attached hydrogens (tertiary/aromatic N) is 3. The van der Waals surface area contributed by atoms with Gasteiger partial charge in [-0.2, -0.15) is 0 Å². The van der Waals surface area contributed by atoms with Gasteiger partial charge in [-0.1, -0.05) is 77.7 Å². The van der Waals surface area contributed by atoms with Crippen molar-refractivity contribution in [2.75, 3.05) is 0 Å².